The number of ether oxygens (including phenoxy) is 1. The van der Waals surface area contributed by atoms with Crippen molar-refractivity contribution in [3.05, 3.63) is 54.1 Å². The predicted octanol–water partition coefficient (Wildman–Crippen LogP) is 5.20. The summed E-state index contributed by atoms with van der Waals surface area (Å²) in [7, 11) is -3.54. The summed E-state index contributed by atoms with van der Waals surface area (Å²) in [5.74, 6) is 0.321. The summed E-state index contributed by atoms with van der Waals surface area (Å²) in [5.41, 5.74) is 1.85. The molecule has 0 unspecified atom stereocenters. The molecule has 0 aromatic heterocycles. The number of amides is 1. The van der Waals surface area contributed by atoms with Gasteiger partial charge in [0.25, 0.3) is 5.91 Å². The van der Waals surface area contributed by atoms with Gasteiger partial charge < -0.3 is 10.1 Å². The van der Waals surface area contributed by atoms with E-state index in [9.17, 15) is 13.2 Å². The van der Waals surface area contributed by atoms with Crippen LogP contribution in [0.4, 0.5) is 5.69 Å². The summed E-state index contributed by atoms with van der Waals surface area (Å²) < 4.78 is 32.7. The summed E-state index contributed by atoms with van der Waals surface area (Å²) in [6.07, 6.45) is 2.55. The monoisotopic (exact) mass is 460 g/mol. The number of hydrogen-bond donors (Lipinski definition) is 1. The van der Waals surface area contributed by atoms with E-state index in [1.54, 1.807) is 12.1 Å². The van der Waals surface area contributed by atoms with Crippen LogP contribution in [-0.4, -0.2) is 38.3 Å². The van der Waals surface area contributed by atoms with E-state index >= 15 is 0 Å². The van der Waals surface area contributed by atoms with Gasteiger partial charge in [0.2, 0.25) is 10.0 Å². The van der Waals surface area contributed by atoms with E-state index in [4.69, 9.17) is 4.74 Å². The van der Waals surface area contributed by atoms with E-state index < -0.39 is 10.0 Å². The molecule has 0 bridgehead atoms. The standard InChI is InChI=1S/C25H36N2O4S/c1-6-17-27(18-7-2)32(29,30)23-15-11-21(12-16-23)26-24(28)19-31-22-13-9-20(10-14-22)25(4,5)8-3/h9-16H,6-8,17-19H2,1-5H3,(H,26,28). The van der Waals surface area contributed by atoms with Crippen molar-refractivity contribution in [1.82, 2.24) is 4.31 Å². The fourth-order valence-corrected chi connectivity index (χ4v) is 4.89. The Morgan fingerprint density at radius 2 is 1.50 bits per heavy atom. The molecule has 0 radical (unpaired) electrons. The van der Waals surface area contributed by atoms with Crippen molar-refractivity contribution < 1.29 is 17.9 Å². The minimum atomic E-state index is -3.54. The molecule has 0 atom stereocenters. The normalized spacial score (nSPS) is 12.1. The molecule has 6 nitrogen and oxygen atoms in total. The molecule has 2 rings (SSSR count). The van der Waals surface area contributed by atoms with Gasteiger partial charge in [0.15, 0.2) is 6.61 Å². The number of hydrogen-bond acceptors (Lipinski definition) is 4. The van der Waals surface area contributed by atoms with Crippen molar-refractivity contribution in [2.45, 2.75) is 64.2 Å². The highest BCUT2D eigenvalue weighted by Crippen LogP contribution is 2.28. The third kappa shape index (κ3) is 6.81. The van der Waals surface area contributed by atoms with Crippen molar-refractivity contribution in [1.29, 1.82) is 0 Å². The van der Waals surface area contributed by atoms with Crippen molar-refractivity contribution in [3.63, 3.8) is 0 Å². The lowest BCUT2D eigenvalue weighted by molar-refractivity contribution is -0.118. The van der Waals surface area contributed by atoms with Crippen LogP contribution in [0, 0.1) is 0 Å². The minimum Gasteiger partial charge on any atom is -0.484 e. The Hall–Kier alpha value is -2.38. The molecule has 32 heavy (non-hydrogen) atoms. The molecule has 0 saturated carbocycles. The number of nitrogens with zero attached hydrogens (tertiary/aromatic N) is 1. The molecule has 0 fully saturated rings. The molecule has 2 aromatic rings. The smallest absolute Gasteiger partial charge is 0.262 e. The van der Waals surface area contributed by atoms with E-state index in [0.717, 1.165) is 19.3 Å². The van der Waals surface area contributed by atoms with Crippen molar-refractivity contribution in [2.24, 2.45) is 0 Å². The first-order valence-corrected chi connectivity index (χ1v) is 12.7. The predicted molar refractivity (Wildman–Crippen MR) is 130 cm³/mol. The van der Waals surface area contributed by atoms with Gasteiger partial charge in [0.05, 0.1) is 4.90 Å². The van der Waals surface area contributed by atoms with Gasteiger partial charge in [0, 0.05) is 18.8 Å². The lowest BCUT2D eigenvalue weighted by Gasteiger charge is -2.23. The summed E-state index contributed by atoms with van der Waals surface area (Å²) in [6, 6.07) is 14.0. The Labute approximate surface area is 193 Å². The number of carbonyl (C=O) groups excluding carboxylic acids is 1. The molecule has 176 valence electrons. The van der Waals surface area contributed by atoms with Crippen LogP contribution in [0.25, 0.3) is 0 Å². The summed E-state index contributed by atoms with van der Waals surface area (Å²) in [4.78, 5) is 12.5. The number of nitrogens with one attached hydrogen (secondary N) is 1. The molecule has 0 aliphatic rings. The van der Waals surface area contributed by atoms with Crippen molar-refractivity contribution in [2.75, 3.05) is 25.0 Å². The maximum atomic E-state index is 12.8. The SMILES string of the molecule is CCCN(CCC)S(=O)(=O)c1ccc(NC(=O)COc2ccc(C(C)(C)CC)cc2)cc1. The second kappa shape index (κ2) is 11.5. The Morgan fingerprint density at radius 3 is 2.00 bits per heavy atom. The average Bonchev–Trinajstić information content (AvgIpc) is 2.78. The Balaban J connectivity index is 1.95. The first-order chi connectivity index (χ1) is 15.1. The van der Waals surface area contributed by atoms with Crippen LogP contribution in [0.2, 0.25) is 0 Å². The first-order valence-electron chi connectivity index (χ1n) is 11.3. The lowest BCUT2D eigenvalue weighted by atomic mass is 9.82. The summed E-state index contributed by atoms with van der Waals surface area (Å²) in [5, 5.41) is 2.74. The number of carbonyl (C=O) groups is 1. The Morgan fingerprint density at radius 1 is 0.938 bits per heavy atom. The third-order valence-corrected chi connectivity index (χ3v) is 7.52. The zero-order valence-electron chi connectivity index (χ0n) is 19.8. The number of benzene rings is 2. The number of sulfonamides is 1. The fourth-order valence-electron chi connectivity index (χ4n) is 3.26. The van der Waals surface area contributed by atoms with E-state index in [0.29, 0.717) is 24.5 Å². The highest BCUT2D eigenvalue weighted by Gasteiger charge is 2.23. The maximum absolute atomic E-state index is 12.8. The van der Waals surface area contributed by atoms with Crippen LogP contribution in [0.1, 0.15) is 59.4 Å². The van der Waals surface area contributed by atoms with Gasteiger partial charge >= 0.3 is 0 Å². The quantitative estimate of drug-likeness (QED) is 0.472. The highest BCUT2D eigenvalue weighted by molar-refractivity contribution is 7.89. The van der Waals surface area contributed by atoms with Crippen LogP contribution >= 0.6 is 0 Å². The van der Waals surface area contributed by atoms with Gasteiger partial charge in [-0.2, -0.15) is 4.31 Å². The van der Waals surface area contributed by atoms with E-state index in [1.807, 2.05) is 38.1 Å². The highest BCUT2D eigenvalue weighted by atomic mass is 32.2. The molecule has 7 heteroatoms. The van der Waals surface area contributed by atoms with Gasteiger partial charge in [-0.15, -0.1) is 0 Å². The van der Waals surface area contributed by atoms with E-state index in [-0.39, 0.29) is 22.8 Å². The Bertz CT molecular complexity index is 962. The van der Waals surface area contributed by atoms with Crippen LogP contribution in [-0.2, 0) is 20.2 Å². The Kier molecular flexibility index (Phi) is 9.28. The summed E-state index contributed by atoms with van der Waals surface area (Å²) in [6.45, 7) is 11.3. The average molecular weight is 461 g/mol. The van der Waals surface area contributed by atoms with Gasteiger partial charge in [-0.1, -0.05) is 46.8 Å². The largest absolute Gasteiger partial charge is 0.484 e. The van der Waals surface area contributed by atoms with Gasteiger partial charge in [-0.3, -0.25) is 4.79 Å². The number of rotatable bonds is 12. The number of anilines is 1. The lowest BCUT2D eigenvalue weighted by Crippen LogP contribution is -2.32. The maximum Gasteiger partial charge on any atom is 0.262 e. The minimum absolute atomic E-state index is 0.0969. The molecule has 0 saturated heterocycles. The third-order valence-electron chi connectivity index (χ3n) is 5.61. The van der Waals surface area contributed by atoms with Gasteiger partial charge in [0.1, 0.15) is 5.75 Å². The molecule has 0 aliphatic heterocycles. The van der Waals surface area contributed by atoms with Crippen LogP contribution in [0.3, 0.4) is 0 Å². The summed E-state index contributed by atoms with van der Waals surface area (Å²) >= 11 is 0. The molecule has 1 N–H and O–H groups in total. The first kappa shape index (κ1) is 25.9. The second-order valence-corrected chi connectivity index (χ2v) is 10.5. The molecule has 2 aromatic carbocycles. The van der Waals surface area contributed by atoms with E-state index in [2.05, 4.69) is 26.1 Å². The van der Waals surface area contributed by atoms with E-state index in [1.165, 1.54) is 22.0 Å². The second-order valence-electron chi connectivity index (χ2n) is 8.53. The van der Waals surface area contributed by atoms with Crippen molar-refractivity contribution >= 4 is 21.6 Å². The van der Waals surface area contributed by atoms with Crippen LogP contribution in [0.15, 0.2) is 53.4 Å². The molecule has 1 amide bonds. The van der Waals surface area contributed by atoms with Crippen LogP contribution < -0.4 is 10.1 Å². The topological polar surface area (TPSA) is 75.7 Å². The zero-order valence-corrected chi connectivity index (χ0v) is 20.7. The molecular weight excluding hydrogens is 424 g/mol. The van der Waals surface area contributed by atoms with Crippen molar-refractivity contribution in [3.8, 4) is 5.75 Å². The van der Waals surface area contributed by atoms with Gasteiger partial charge in [-0.05, 0) is 66.6 Å². The molecule has 0 spiro atoms. The molecule has 0 aliphatic carbocycles. The van der Waals surface area contributed by atoms with Crippen LogP contribution in [0.5, 0.6) is 5.75 Å². The van der Waals surface area contributed by atoms with Gasteiger partial charge in [-0.25, -0.2) is 8.42 Å². The molecular formula is C25H36N2O4S. The zero-order chi connectivity index (χ0) is 23.8. The molecule has 0 heterocycles. The fraction of sp³-hybridized carbons (Fsp3) is 0.480.